The SMILES string of the molecule is [2H]c1c([2H])c([2H])c2c(-c3ccccc3)c3c([2H])c(-c4cccc5ccccc45)c([2H])c([2H])c3c(-c3ccc4c(ccc5ccccc54)c3)c2c1[2H]. The molecule has 0 fully saturated rings. The van der Waals surface area contributed by atoms with Gasteiger partial charge in [0.1, 0.15) is 0 Å². The number of fused-ring (bicyclic) bond motifs is 6. The first-order valence-electron chi connectivity index (χ1n) is 18.2. The van der Waals surface area contributed by atoms with Gasteiger partial charge >= 0.3 is 0 Å². The molecule has 0 heterocycles. The van der Waals surface area contributed by atoms with E-state index < -0.39 is 0 Å². The molecule has 0 aliphatic heterocycles. The summed E-state index contributed by atoms with van der Waals surface area (Å²) in [5, 5.41) is 7.16. The quantitative estimate of drug-likeness (QED) is 0.148. The molecule has 0 unspecified atom stereocenters. The van der Waals surface area contributed by atoms with Crippen LogP contribution in [0.25, 0.3) is 87.2 Å². The Kier molecular flexibility index (Phi) is 4.23. The minimum Gasteiger partial charge on any atom is -0.0622 e. The van der Waals surface area contributed by atoms with Crippen molar-refractivity contribution in [3.63, 3.8) is 0 Å². The van der Waals surface area contributed by atoms with Crippen molar-refractivity contribution in [1.29, 1.82) is 0 Å². The molecule has 204 valence electrons. The summed E-state index contributed by atoms with van der Waals surface area (Å²) in [5.74, 6) is 0. The smallest absolute Gasteiger partial charge is 0.0622 e. The van der Waals surface area contributed by atoms with Crippen LogP contribution in [-0.2, 0) is 0 Å². The molecule has 0 bridgehead atoms. The largest absolute Gasteiger partial charge is 0.0636 e. The standard InChI is InChI=1S/C44H28/c1-2-13-31(14-3-1)43-39-18-8-9-19-40(39)44(34-24-25-38-32(27-34)22-21-30-12-5-7-17-36(30)38)41-26-23-33(28-42(41)43)37-20-10-15-29-11-4-6-16-35(29)37/h1-28H/i8D,9D,18D,19D,23D,26D,28D. The Bertz CT molecular complexity index is 2930. The Morgan fingerprint density at radius 1 is 0.341 bits per heavy atom. The summed E-state index contributed by atoms with van der Waals surface area (Å²) in [6, 6.07) is 39.6. The minimum atomic E-state index is -0.380. The normalized spacial score (nSPS) is 13.9. The molecule has 0 spiro atoms. The van der Waals surface area contributed by atoms with Crippen LogP contribution in [-0.4, -0.2) is 0 Å². The molecule has 0 radical (unpaired) electrons. The van der Waals surface area contributed by atoms with Crippen molar-refractivity contribution in [2.45, 2.75) is 0 Å². The van der Waals surface area contributed by atoms with E-state index in [4.69, 9.17) is 2.74 Å². The Morgan fingerprint density at radius 2 is 0.955 bits per heavy atom. The van der Waals surface area contributed by atoms with Crippen molar-refractivity contribution in [1.82, 2.24) is 0 Å². The Balaban J connectivity index is 1.54. The van der Waals surface area contributed by atoms with Crippen molar-refractivity contribution >= 4 is 53.9 Å². The van der Waals surface area contributed by atoms with E-state index in [2.05, 4.69) is 18.2 Å². The van der Waals surface area contributed by atoms with Gasteiger partial charge in [0.15, 0.2) is 0 Å². The maximum Gasteiger partial charge on any atom is 0.0636 e. The molecule has 0 aliphatic rings. The van der Waals surface area contributed by atoms with Gasteiger partial charge in [0.25, 0.3) is 0 Å². The molecular formula is C44H28. The summed E-state index contributed by atoms with van der Waals surface area (Å²) in [7, 11) is 0. The Hall–Kier alpha value is -5.72. The molecule has 0 heteroatoms. The third-order valence-electron chi connectivity index (χ3n) is 8.66. The molecule has 9 rings (SSSR count). The van der Waals surface area contributed by atoms with Crippen LogP contribution in [0.2, 0.25) is 0 Å². The van der Waals surface area contributed by atoms with Gasteiger partial charge in [-0.25, -0.2) is 0 Å². The zero-order valence-corrected chi connectivity index (χ0v) is 23.6. The van der Waals surface area contributed by atoms with E-state index in [0.717, 1.165) is 32.3 Å². The lowest BCUT2D eigenvalue weighted by Gasteiger charge is -2.19. The monoisotopic (exact) mass is 563 g/mol. The lowest BCUT2D eigenvalue weighted by molar-refractivity contribution is 1.65. The summed E-state index contributed by atoms with van der Waals surface area (Å²) >= 11 is 0. The number of hydrogen-bond acceptors (Lipinski definition) is 0. The van der Waals surface area contributed by atoms with Crippen molar-refractivity contribution in [2.24, 2.45) is 0 Å². The molecule has 0 N–H and O–H groups in total. The van der Waals surface area contributed by atoms with Crippen molar-refractivity contribution in [2.75, 3.05) is 0 Å². The molecule has 0 aromatic heterocycles. The van der Waals surface area contributed by atoms with Crippen LogP contribution in [0, 0.1) is 0 Å². The summed E-state index contributed by atoms with van der Waals surface area (Å²) in [4.78, 5) is 0. The van der Waals surface area contributed by atoms with Gasteiger partial charge in [0.05, 0.1) is 9.60 Å². The summed E-state index contributed by atoms with van der Waals surface area (Å²) in [6.45, 7) is 0. The lowest BCUT2D eigenvalue weighted by atomic mass is 9.84. The highest BCUT2D eigenvalue weighted by molar-refractivity contribution is 6.23. The second-order valence-corrected chi connectivity index (χ2v) is 11.1. The lowest BCUT2D eigenvalue weighted by Crippen LogP contribution is -1.92. The van der Waals surface area contributed by atoms with Crippen LogP contribution in [0.5, 0.6) is 0 Å². The van der Waals surface area contributed by atoms with Gasteiger partial charge < -0.3 is 0 Å². The zero-order valence-electron chi connectivity index (χ0n) is 30.6. The van der Waals surface area contributed by atoms with E-state index in [9.17, 15) is 6.85 Å². The van der Waals surface area contributed by atoms with Crippen LogP contribution in [0.1, 0.15) is 9.60 Å². The molecule has 0 nitrogen and oxygen atoms in total. The number of benzene rings is 9. The fourth-order valence-corrected chi connectivity index (χ4v) is 6.65. The number of hydrogen-bond donors (Lipinski definition) is 0. The summed E-state index contributed by atoms with van der Waals surface area (Å²) in [6.07, 6.45) is 0. The predicted molar refractivity (Wildman–Crippen MR) is 190 cm³/mol. The molecule has 9 aromatic rings. The fourth-order valence-electron chi connectivity index (χ4n) is 6.65. The highest BCUT2D eigenvalue weighted by atomic mass is 14.2. The van der Waals surface area contributed by atoms with Gasteiger partial charge in [-0.3, -0.25) is 0 Å². The first-order chi connectivity index (χ1) is 24.8. The third-order valence-corrected chi connectivity index (χ3v) is 8.66. The van der Waals surface area contributed by atoms with Crippen molar-refractivity contribution in [3.05, 3.63) is 170 Å². The average Bonchev–Trinajstić information content (AvgIpc) is 3.17. The number of rotatable bonds is 3. The third kappa shape index (κ3) is 3.85. The molecule has 0 amide bonds. The first kappa shape index (κ1) is 18.7. The van der Waals surface area contributed by atoms with Gasteiger partial charge in [0, 0.05) is 0 Å². The second kappa shape index (κ2) is 9.93. The minimum absolute atomic E-state index is 0.0311. The van der Waals surface area contributed by atoms with E-state index >= 15 is 0 Å². The highest BCUT2D eigenvalue weighted by Crippen LogP contribution is 2.46. The van der Waals surface area contributed by atoms with Crippen LogP contribution in [0.3, 0.4) is 0 Å². The average molecular weight is 564 g/mol. The van der Waals surface area contributed by atoms with E-state index in [-0.39, 0.29) is 53.1 Å². The van der Waals surface area contributed by atoms with Crippen molar-refractivity contribution < 1.29 is 9.60 Å². The molecule has 0 saturated heterocycles. The van der Waals surface area contributed by atoms with E-state index in [1.807, 2.05) is 109 Å². The van der Waals surface area contributed by atoms with Crippen molar-refractivity contribution in [3.8, 4) is 33.4 Å². The first-order valence-corrected chi connectivity index (χ1v) is 14.7. The molecule has 44 heavy (non-hydrogen) atoms. The predicted octanol–water partition coefficient (Wildman–Crippen LogP) is 12.5. The molecule has 0 atom stereocenters. The maximum atomic E-state index is 9.96. The van der Waals surface area contributed by atoms with Gasteiger partial charge in [-0.05, 0) is 99.4 Å². The molecule has 0 aliphatic carbocycles. The van der Waals surface area contributed by atoms with Gasteiger partial charge in [0.2, 0.25) is 0 Å². The highest BCUT2D eigenvalue weighted by Gasteiger charge is 2.18. The van der Waals surface area contributed by atoms with Crippen LogP contribution >= 0.6 is 0 Å². The Labute approximate surface area is 266 Å². The molecular weight excluding hydrogens is 528 g/mol. The molecule has 9 aromatic carbocycles. The van der Waals surface area contributed by atoms with E-state index in [1.165, 1.54) is 0 Å². The van der Waals surface area contributed by atoms with E-state index in [1.54, 1.807) is 0 Å². The van der Waals surface area contributed by atoms with Crippen LogP contribution < -0.4 is 0 Å². The maximum absolute atomic E-state index is 9.96. The van der Waals surface area contributed by atoms with Gasteiger partial charge in [-0.1, -0.05) is 158 Å². The van der Waals surface area contributed by atoms with Crippen LogP contribution in [0.4, 0.5) is 0 Å². The zero-order chi connectivity index (χ0) is 35.1. The Morgan fingerprint density at radius 3 is 1.77 bits per heavy atom. The summed E-state index contributed by atoms with van der Waals surface area (Å²) < 4.78 is 65.4. The summed E-state index contributed by atoms with van der Waals surface area (Å²) in [5.41, 5.74) is 3.12. The topological polar surface area (TPSA) is 0 Å². The van der Waals surface area contributed by atoms with Gasteiger partial charge in [-0.15, -0.1) is 0 Å². The molecule has 0 saturated carbocycles. The van der Waals surface area contributed by atoms with Gasteiger partial charge in [-0.2, -0.15) is 0 Å². The van der Waals surface area contributed by atoms with Crippen LogP contribution in [0.15, 0.2) is 170 Å². The van der Waals surface area contributed by atoms with E-state index in [0.29, 0.717) is 44.2 Å². The fraction of sp³-hybridized carbons (Fsp3) is 0. The second-order valence-electron chi connectivity index (χ2n) is 11.1.